The van der Waals surface area contributed by atoms with Gasteiger partial charge >= 0.3 is 5.97 Å². The van der Waals surface area contributed by atoms with E-state index in [1.54, 1.807) is 30.0 Å². The van der Waals surface area contributed by atoms with Crippen LogP contribution in [0.2, 0.25) is 0 Å². The van der Waals surface area contributed by atoms with E-state index in [0.717, 1.165) is 22.6 Å². The molecule has 4 heteroatoms. The second-order valence-corrected chi connectivity index (χ2v) is 4.23. The number of fused-ring (bicyclic) bond motifs is 1. The minimum Gasteiger partial charge on any atom is -0.478 e. The molecule has 0 radical (unpaired) electrons. The van der Waals surface area contributed by atoms with Crippen LogP contribution < -0.4 is 0 Å². The van der Waals surface area contributed by atoms with Crippen LogP contribution in [-0.2, 0) is 0 Å². The van der Waals surface area contributed by atoms with E-state index in [0.29, 0.717) is 11.3 Å². The van der Waals surface area contributed by atoms with E-state index in [1.165, 1.54) is 0 Å². The maximum absolute atomic E-state index is 10.7. The van der Waals surface area contributed by atoms with Gasteiger partial charge in [-0.15, -0.1) is 11.8 Å². The van der Waals surface area contributed by atoms with Gasteiger partial charge in [-0.3, -0.25) is 0 Å². The summed E-state index contributed by atoms with van der Waals surface area (Å²) in [7, 11) is 0. The van der Waals surface area contributed by atoms with Gasteiger partial charge < -0.3 is 10.5 Å². The predicted molar refractivity (Wildman–Crippen MR) is 55.6 cm³/mol. The first-order valence-corrected chi connectivity index (χ1v) is 5.25. The molecule has 1 aliphatic heterocycles. The van der Waals surface area contributed by atoms with E-state index < -0.39 is 5.97 Å². The molecule has 0 bridgehead atoms. The molecule has 2 N–H and O–H groups in total. The van der Waals surface area contributed by atoms with E-state index in [9.17, 15) is 4.79 Å². The highest BCUT2D eigenvalue weighted by Crippen LogP contribution is 2.30. The average molecular weight is 207 g/mol. The van der Waals surface area contributed by atoms with Crippen molar-refractivity contribution in [3.05, 3.63) is 29.3 Å². The van der Waals surface area contributed by atoms with Crippen molar-refractivity contribution in [3.8, 4) is 0 Å². The molecule has 1 aromatic rings. The minimum atomic E-state index is -0.912. The van der Waals surface area contributed by atoms with Crippen LogP contribution in [0.15, 0.2) is 23.1 Å². The van der Waals surface area contributed by atoms with E-state index >= 15 is 0 Å². The minimum absolute atomic E-state index is 0.297. The van der Waals surface area contributed by atoms with Crippen LogP contribution in [0.25, 0.3) is 0 Å². The number of carboxylic acids is 1. The molecule has 14 heavy (non-hydrogen) atoms. The summed E-state index contributed by atoms with van der Waals surface area (Å²) in [6.45, 7) is 0. The topological polar surface area (TPSA) is 61.2 Å². The van der Waals surface area contributed by atoms with Gasteiger partial charge in [0.2, 0.25) is 0 Å². The van der Waals surface area contributed by atoms with Crippen molar-refractivity contribution in [3.63, 3.8) is 0 Å². The highest BCUT2D eigenvalue weighted by molar-refractivity contribution is 7.99. The zero-order valence-electron chi connectivity index (χ0n) is 7.41. The molecule has 0 unspecified atom stereocenters. The summed E-state index contributed by atoms with van der Waals surface area (Å²) in [4.78, 5) is 11.6. The Kier molecular flexibility index (Phi) is 2.29. The first-order chi connectivity index (χ1) is 6.68. The summed E-state index contributed by atoms with van der Waals surface area (Å²) < 4.78 is 0. The Morgan fingerprint density at radius 2 is 2.29 bits per heavy atom. The smallest absolute Gasteiger partial charge is 0.335 e. The molecule has 2 rings (SSSR count). The zero-order valence-corrected chi connectivity index (χ0v) is 8.23. The maximum Gasteiger partial charge on any atom is 0.335 e. The second-order valence-electron chi connectivity index (χ2n) is 3.09. The maximum atomic E-state index is 10.7. The van der Waals surface area contributed by atoms with Gasteiger partial charge in [0.05, 0.1) is 5.56 Å². The fourth-order valence-corrected chi connectivity index (χ4v) is 2.50. The molecular formula is C10H9NO2S. The van der Waals surface area contributed by atoms with Crippen molar-refractivity contribution in [2.24, 2.45) is 0 Å². The monoisotopic (exact) mass is 207 g/mol. The van der Waals surface area contributed by atoms with Gasteiger partial charge in [0.1, 0.15) is 0 Å². The Morgan fingerprint density at radius 1 is 1.50 bits per heavy atom. The number of aromatic carboxylic acids is 1. The molecule has 0 saturated carbocycles. The lowest BCUT2D eigenvalue weighted by atomic mass is 10.1. The summed E-state index contributed by atoms with van der Waals surface area (Å²) in [5, 5.41) is 16.5. The number of hydrogen-bond acceptors (Lipinski definition) is 3. The molecule has 1 heterocycles. The molecule has 3 nitrogen and oxygen atoms in total. The van der Waals surface area contributed by atoms with Crippen LogP contribution in [0.3, 0.4) is 0 Å². The quantitative estimate of drug-likeness (QED) is 0.742. The Bertz CT molecular complexity index is 415. The first-order valence-electron chi connectivity index (χ1n) is 4.26. The van der Waals surface area contributed by atoms with Gasteiger partial charge in [0.15, 0.2) is 0 Å². The van der Waals surface area contributed by atoms with Crippen molar-refractivity contribution in [2.75, 3.05) is 5.75 Å². The van der Waals surface area contributed by atoms with E-state index in [1.807, 2.05) is 0 Å². The van der Waals surface area contributed by atoms with E-state index in [2.05, 4.69) is 0 Å². The number of benzene rings is 1. The van der Waals surface area contributed by atoms with Gasteiger partial charge in [0.25, 0.3) is 0 Å². The van der Waals surface area contributed by atoms with Gasteiger partial charge in [0, 0.05) is 21.9 Å². The molecule has 1 aliphatic rings. The lowest BCUT2D eigenvalue weighted by molar-refractivity contribution is 0.0696. The molecule has 72 valence electrons. The summed E-state index contributed by atoms with van der Waals surface area (Å²) in [5.41, 5.74) is 1.79. The fourth-order valence-electron chi connectivity index (χ4n) is 1.42. The molecule has 0 saturated heterocycles. The largest absolute Gasteiger partial charge is 0.478 e. The first kappa shape index (κ1) is 9.27. The number of thioether (sulfide) groups is 1. The number of rotatable bonds is 1. The van der Waals surface area contributed by atoms with Gasteiger partial charge in [-0.2, -0.15) is 0 Å². The molecule has 0 aromatic heterocycles. The van der Waals surface area contributed by atoms with Crippen molar-refractivity contribution < 1.29 is 9.90 Å². The molecular weight excluding hydrogens is 198 g/mol. The lowest BCUT2D eigenvalue weighted by Gasteiger charge is -2.16. The average Bonchev–Trinajstić information content (AvgIpc) is 2.17. The summed E-state index contributed by atoms with van der Waals surface area (Å²) in [5.74, 6) is -0.0416. The zero-order chi connectivity index (χ0) is 10.1. The normalized spacial score (nSPS) is 15.0. The summed E-state index contributed by atoms with van der Waals surface area (Å²) >= 11 is 1.62. The van der Waals surface area contributed by atoms with Crippen molar-refractivity contribution in [2.45, 2.75) is 11.3 Å². The van der Waals surface area contributed by atoms with E-state index in [-0.39, 0.29) is 0 Å². The van der Waals surface area contributed by atoms with Crippen LogP contribution in [0.5, 0.6) is 0 Å². The molecule has 0 amide bonds. The Hall–Kier alpha value is -1.29. The van der Waals surface area contributed by atoms with Crippen molar-refractivity contribution in [1.29, 1.82) is 5.41 Å². The van der Waals surface area contributed by atoms with Crippen LogP contribution in [0, 0.1) is 5.41 Å². The highest BCUT2D eigenvalue weighted by atomic mass is 32.2. The van der Waals surface area contributed by atoms with Gasteiger partial charge in [-0.25, -0.2) is 4.79 Å². The van der Waals surface area contributed by atoms with E-state index in [4.69, 9.17) is 10.5 Å². The predicted octanol–water partition coefficient (Wildman–Crippen LogP) is 2.25. The molecule has 0 aliphatic carbocycles. The number of carboxylic acid groups (broad SMARTS) is 1. The third kappa shape index (κ3) is 1.53. The second kappa shape index (κ2) is 3.46. The SMILES string of the molecule is N=C1CCSc2cc(C(=O)O)ccc21. The highest BCUT2D eigenvalue weighted by Gasteiger charge is 2.16. The Balaban J connectivity index is 2.49. The summed E-state index contributed by atoms with van der Waals surface area (Å²) in [6, 6.07) is 4.94. The lowest BCUT2D eigenvalue weighted by Crippen LogP contribution is -2.09. The number of carbonyl (C=O) groups is 1. The molecule has 0 spiro atoms. The van der Waals surface area contributed by atoms with Crippen molar-refractivity contribution in [1.82, 2.24) is 0 Å². The fraction of sp³-hybridized carbons (Fsp3) is 0.200. The molecule has 0 atom stereocenters. The molecule has 1 aromatic carbocycles. The Morgan fingerprint density at radius 3 is 3.00 bits per heavy atom. The molecule has 0 fully saturated rings. The standard InChI is InChI=1S/C10H9NO2S/c11-8-3-4-14-9-5-6(10(12)13)1-2-7(8)9/h1-2,5,11H,3-4H2,(H,12,13). The Labute approximate surface area is 85.6 Å². The number of hydrogen-bond donors (Lipinski definition) is 2. The van der Waals surface area contributed by atoms with Crippen LogP contribution in [0.4, 0.5) is 0 Å². The third-order valence-electron chi connectivity index (χ3n) is 2.16. The van der Waals surface area contributed by atoms with Crippen LogP contribution >= 0.6 is 11.8 Å². The summed E-state index contributed by atoms with van der Waals surface area (Å²) in [6.07, 6.45) is 0.768. The van der Waals surface area contributed by atoms with Crippen LogP contribution in [0.1, 0.15) is 22.3 Å². The van der Waals surface area contributed by atoms with Crippen LogP contribution in [-0.4, -0.2) is 22.5 Å². The third-order valence-corrected chi connectivity index (χ3v) is 3.22. The van der Waals surface area contributed by atoms with Crippen molar-refractivity contribution >= 4 is 23.4 Å². The van der Waals surface area contributed by atoms with Gasteiger partial charge in [-0.1, -0.05) is 6.07 Å². The van der Waals surface area contributed by atoms with Gasteiger partial charge in [-0.05, 0) is 18.6 Å². The number of nitrogens with one attached hydrogen (secondary N) is 1.